The molecule has 2 aliphatic heterocycles. The molecule has 2 fully saturated rings. The van der Waals surface area contributed by atoms with Crippen LogP contribution in [0.4, 0.5) is 16.2 Å². The third-order valence-electron chi connectivity index (χ3n) is 3.78. The van der Waals surface area contributed by atoms with Gasteiger partial charge in [0.05, 0.1) is 11.7 Å². The van der Waals surface area contributed by atoms with E-state index in [0.717, 1.165) is 37.3 Å². The first-order valence-electron chi connectivity index (χ1n) is 7.30. The summed E-state index contributed by atoms with van der Waals surface area (Å²) < 4.78 is 5.24. The fraction of sp³-hybridized carbons (Fsp3) is 0.412. The molecule has 0 saturated carbocycles. The number of aliphatic imine (C=N–C) groups is 1. The van der Waals surface area contributed by atoms with Crippen LogP contribution in [0.1, 0.15) is 12.8 Å². The molecule has 1 aromatic carbocycles. The molecule has 1 atom stereocenters. The molecular formula is C17H19N3O2SUVW-2. The van der Waals surface area contributed by atoms with E-state index in [9.17, 15) is 4.79 Å². The molecule has 26 heavy (non-hydrogen) atoms. The van der Waals surface area contributed by atoms with E-state index in [1.807, 2.05) is 12.1 Å². The fourth-order valence-electron chi connectivity index (χ4n) is 2.65. The van der Waals surface area contributed by atoms with Crippen molar-refractivity contribution >= 4 is 34.8 Å². The molecule has 2 heterocycles. The summed E-state index contributed by atoms with van der Waals surface area (Å²) in [6.45, 7) is 2.80. The minimum absolute atomic E-state index is 0. The number of thiocarbonyl (C=S) groups is 1. The number of ether oxygens (including phenoxy) is 1. The molecule has 0 bridgehead atoms. The van der Waals surface area contributed by atoms with Crippen molar-refractivity contribution in [2.75, 3.05) is 36.0 Å². The Morgan fingerprint density at radius 1 is 1.35 bits per heavy atom. The van der Waals surface area contributed by atoms with E-state index in [0.29, 0.717) is 13.1 Å². The van der Waals surface area contributed by atoms with E-state index < -0.39 is 0 Å². The number of cyclic esters (lactones) is 1. The number of amides is 1. The van der Waals surface area contributed by atoms with Gasteiger partial charge in [0.2, 0.25) is 0 Å². The summed E-state index contributed by atoms with van der Waals surface area (Å²) in [6.07, 6.45) is 3.83. The Bertz CT molecular complexity index is 596. The van der Waals surface area contributed by atoms with Crippen molar-refractivity contribution in [3.8, 4) is 0 Å². The summed E-state index contributed by atoms with van der Waals surface area (Å²) in [5.41, 5.74) is 1.69. The largest absolute Gasteiger partial charge is 2.00 e. The van der Waals surface area contributed by atoms with Crippen LogP contribution in [0, 0.1) is 57.1 Å². The summed E-state index contributed by atoms with van der Waals surface area (Å²) >= 11 is 4.53. The van der Waals surface area contributed by atoms with Crippen LogP contribution in [0.3, 0.4) is 0 Å². The zero-order valence-electron chi connectivity index (χ0n) is 14.5. The van der Waals surface area contributed by atoms with Gasteiger partial charge < -0.3 is 40.5 Å². The minimum Gasteiger partial charge on any atom is -0.443 e. The number of hydrogen-bond acceptors (Lipinski definition) is 5. The third-order valence-corrected chi connectivity index (χ3v) is 3.91. The zero-order valence-corrected chi connectivity index (χ0v) is 23.8. The smallest absolute Gasteiger partial charge is 0.443 e. The maximum Gasteiger partial charge on any atom is 2.00 e. The van der Waals surface area contributed by atoms with Gasteiger partial charge in [-0.25, -0.2) is 15.5 Å². The van der Waals surface area contributed by atoms with Crippen LogP contribution >= 0.6 is 12.2 Å². The summed E-state index contributed by atoms with van der Waals surface area (Å²) in [6, 6.07) is 10.1. The van der Waals surface area contributed by atoms with E-state index in [1.54, 1.807) is 4.90 Å². The van der Waals surface area contributed by atoms with Crippen molar-refractivity contribution in [1.82, 2.24) is 0 Å². The molecule has 5 nitrogen and oxygen atoms in total. The molecule has 2 saturated heterocycles. The van der Waals surface area contributed by atoms with Crippen molar-refractivity contribution in [2.45, 2.75) is 18.9 Å². The first-order valence-corrected chi connectivity index (χ1v) is 7.70. The monoisotopic (exact) mass is 802 g/mol. The molecule has 137 valence electrons. The van der Waals surface area contributed by atoms with Crippen molar-refractivity contribution in [3.63, 3.8) is 0 Å². The van der Waals surface area contributed by atoms with E-state index in [4.69, 9.17) is 4.74 Å². The Hall–Kier alpha value is 0.415. The van der Waals surface area contributed by atoms with Gasteiger partial charge >= 0.3 is 27.2 Å². The molecule has 0 spiro atoms. The number of piperidine rings is 1. The van der Waals surface area contributed by atoms with E-state index in [1.165, 1.54) is 0 Å². The average molecular weight is 802 g/mol. The van der Waals surface area contributed by atoms with Crippen LogP contribution in [0.15, 0.2) is 17.1 Å². The quantitative estimate of drug-likeness (QED) is 0.267. The van der Waals surface area contributed by atoms with Crippen LogP contribution in [0.5, 0.6) is 0 Å². The predicted octanol–water partition coefficient (Wildman–Crippen LogP) is 2.96. The Kier molecular flexibility index (Phi) is 15.9. The van der Waals surface area contributed by atoms with Gasteiger partial charge in [0.25, 0.3) is 0 Å². The van der Waals surface area contributed by atoms with Gasteiger partial charge in [-0.2, -0.15) is 18.5 Å². The average Bonchev–Trinajstić information content (AvgIpc) is 2.95. The van der Waals surface area contributed by atoms with Gasteiger partial charge in [0.15, 0.2) is 0 Å². The van der Waals surface area contributed by atoms with Gasteiger partial charge in [-0.3, -0.25) is 12.1 Å². The van der Waals surface area contributed by atoms with Crippen LogP contribution in [0.25, 0.3) is 0 Å². The number of isothiocyanates is 1. The Labute approximate surface area is 211 Å². The van der Waals surface area contributed by atoms with E-state index >= 15 is 0 Å². The van der Waals surface area contributed by atoms with E-state index in [-0.39, 0.29) is 90.4 Å². The number of carbonyl (C=O) groups is 1. The molecule has 0 aromatic heterocycles. The Morgan fingerprint density at radius 3 is 2.54 bits per heavy atom. The zero-order chi connectivity index (χ0) is 15.4. The number of benzene rings is 1. The SMILES string of the molecule is O=C1O[C@@H](CN=C=S)CN1c1c[c-]c(N2CC[CH-]CC2)[c-]c1.[CH3-].[U].[V].[W+2]. The van der Waals surface area contributed by atoms with Gasteiger partial charge in [-0.05, 0) is 25.3 Å². The standard InChI is InChI=1S/C16H16N3O2S.CH3.U.V.W/c20-16-19(11-15(21-16)10-17-12-22)14-6-4-13(5-7-14)18-8-2-1-3-9-18;;;;/h1,6-7,15H,2-3,8-11H2;1H3;;;/q-3;-1;;;+2/t15-;;;;/m0..../s1. The number of hydrogen-bond donors (Lipinski definition) is 0. The summed E-state index contributed by atoms with van der Waals surface area (Å²) in [7, 11) is 0. The van der Waals surface area contributed by atoms with E-state index in [2.05, 4.69) is 45.8 Å². The summed E-state index contributed by atoms with van der Waals surface area (Å²) in [5.74, 6) is 0. The molecule has 1 amide bonds. The van der Waals surface area contributed by atoms with Crippen molar-refractivity contribution in [1.29, 1.82) is 0 Å². The predicted molar refractivity (Wildman–Crippen MR) is 93.8 cm³/mol. The van der Waals surface area contributed by atoms with Gasteiger partial charge in [-0.15, -0.1) is 0 Å². The van der Waals surface area contributed by atoms with Gasteiger partial charge in [-0.1, -0.05) is 0 Å². The Morgan fingerprint density at radius 2 is 1.96 bits per heavy atom. The molecule has 0 unspecified atom stereocenters. The van der Waals surface area contributed by atoms with Crippen molar-refractivity contribution in [3.05, 3.63) is 38.1 Å². The van der Waals surface area contributed by atoms with Gasteiger partial charge in [0.1, 0.15) is 6.10 Å². The molecule has 0 aliphatic carbocycles. The van der Waals surface area contributed by atoms with Crippen LogP contribution in [0.2, 0.25) is 0 Å². The topological polar surface area (TPSA) is 45.1 Å². The second-order valence-corrected chi connectivity index (χ2v) is 5.43. The molecule has 2 aliphatic rings. The second-order valence-electron chi connectivity index (χ2n) is 5.25. The molecule has 3 rings (SSSR count). The fourth-order valence-corrected chi connectivity index (χ4v) is 2.72. The van der Waals surface area contributed by atoms with Crippen molar-refractivity contribution in [2.24, 2.45) is 4.99 Å². The number of rotatable bonds is 4. The van der Waals surface area contributed by atoms with Crippen LogP contribution in [-0.2, 0) is 44.4 Å². The molecular weight excluding hydrogens is 783 g/mol. The molecule has 1 radical (unpaired) electrons. The Balaban J connectivity index is 0. The van der Waals surface area contributed by atoms with Crippen molar-refractivity contribution < 1.29 is 80.3 Å². The number of nitrogens with zero attached hydrogens (tertiary/aromatic N) is 3. The molecule has 1 aromatic rings. The van der Waals surface area contributed by atoms with Crippen LogP contribution in [-0.4, -0.2) is 43.5 Å². The normalized spacial score (nSPS) is 18.2. The maximum atomic E-state index is 11.9. The maximum absolute atomic E-state index is 11.9. The molecule has 0 N–H and O–H groups in total. The summed E-state index contributed by atoms with van der Waals surface area (Å²) in [5, 5.41) is 2.29. The first kappa shape index (κ1) is 28.6. The number of anilines is 2. The van der Waals surface area contributed by atoms with Crippen LogP contribution < -0.4 is 9.80 Å². The second kappa shape index (κ2) is 14.4. The third kappa shape index (κ3) is 7.44. The summed E-state index contributed by atoms with van der Waals surface area (Å²) in [4.78, 5) is 19.6. The first-order chi connectivity index (χ1) is 10.8. The molecule has 9 heteroatoms. The number of carbonyl (C=O) groups excluding carboxylic acids is 1. The minimum atomic E-state index is -0.369. The van der Waals surface area contributed by atoms with Gasteiger partial charge in [0, 0.05) is 56.2 Å².